The summed E-state index contributed by atoms with van der Waals surface area (Å²) in [5.74, 6) is -1.84. The highest BCUT2D eigenvalue weighted by atomic mass is 19.1. The highest BCUT2D eigenvalue weighted by molar-refractivity contribution is 6.18. The molecule has 0 spiro atoms. The van der Waals surface area contributed by atoms with Crippen LogP contribution in [0.15, 0.2) is 79.0 Å². The van der Waals surface area contributed by atoms with Crippen molar-refractivity contribution < 1.29 is 18.4 Å². The minimum Gasteiger partial charge on any atom is -0.361 e. The molecule has 2 amide bonds. The number of carbonyl (C=O) groups is 2. The average Bonchev–Trinajstić information content (AvgIpc) is 3.16. The Balaban J connectivity index is 1.67. The number of aromatic amines is 1. The lowest BCUT2D eigenvalue weighted by atomic mass is 9.75. The van der Waals surface area contributed by atoms with Crippen molar-refractivity contribution in [3.8, 4) is 0 Å². The van der Waals surface area contributed by atoms with Gasteiger partial charge in [0.15, 0.2) is 5.54 Å². The Hall–Kier alpha value is -4.00. The topological polar surface area (TPSA) is 65.2 Å². The molecule has 154 valence electrons. The predicted octanol–water partition coefficient (Wildman–Crippen LogP) is 4.72. The van der Waals surface area contributed by atoms with Crippen LogP contribution in [0.3, 0.4) is 0 Å². The first-order chi connectivity index (χ1) is 15.0. The van der Waals surface area contributed by atoms with Crippen molar-refractivity contribution in [2.75, 3.05) is 10.2 Å². The number of hydrogen-bond acceptors (Lipinski definition) is 2. The van der Waals surface area contributed by atoms with Gasteiger partial charge in [0.25, 0.3) is 5.91 Å². The van der Waals surface area contributed by atoms with E-state index in [1.165, 1.54) is 41.3 Å². The summed E-state index contributed by atoms with van der Waals surface area (Å²) in [5, 5.41) is 3.50. The van der Waals surface area contributed by atoms with E-state index in [1.807, 2.05) is 24.3 Å². The predicted molar refractivity (Wildman–Crippen MR) is 114 cm³/mol. The van der Waals surface area contributed by atoms with E-state index in [2.05, 4.69) is 10.3 Å². The molecule has 31 heavy (non-hydrogen) atoms. The number of aromatic nitrogens is 1. The first-order valence-electron chi connectivity index (χ1n) is 9.71. The van der Waals surface area contributed by atoms with Gasteiger partial charge in [-0.15, -0.1) is 0 Å². The van der Waals surface area contributed by atoms with E-state index in [0.29, 0.717) is 5.56 Å². The molecule has 1 aliphatic heterocycles. The number of nitrogens with one attached hydrogen (secondary N) is 2. The van der Waals surface area contributed by atoms with Crippen LogP contribution in [-0.4, -0.2) is 16.8 Å². The zero-order valence-electron chi connectivity index (χ0n) is 16.2. The molecule has 1 atom stereocenters. The van der Waals surface area contributed by atoms with Gasteiger partial charge in [-0.05, 0) is 42.5 Å². The number of nitrogens with zero attached hydrogens (tertiary/aromatic N) is 1. The minimum absolute atomic E-state index is 0.105. The Kier molecular flexibility index (Phi) is 4.32. The van der Waals surface area contributed by atoms with Crippen molar-refractivity contribution in [1.82, 2.24) is 4.98 Å². The van der Waals surface area contributed by atoms with E-state index in [1.54, 1.807) is 18.3 Å². The van der Waals surface area contributed by atoms with E-state index in [0.717, 1.165) is 10.9 Å². The Morgan fingerprint density at radius 1 is 0.968 bits per heavy atom. The number of hydrogen-bond donors (Lipinski definition) is 2. The second kappa shape index (κ2) is 7.05. The van der Waals surface area contributed by atoms with Crippen LogP contribution in [0, 0.1) is 11.6 Å². The molecule has 5 nitrogen and oxygen atoms in total. The fraction of sp³-hybridized carbons (Fsp3) is 0.0833. The van der Waals surface area contributed by atoms with E-state index in [4.69, 9.17) is 0 Å². The summed E-state index contributed by atoms with van der Waals surface area (Å²) in [7, 11) is 0. The van der Waals surface area contributed by atoms with Crippen LogP contribution in [0.2, 0.25) is 0 Å². The fourth-order valence-electron chi connectivity index (χ4n) is 4.21. The fourth-order valence-corrected chi connectivity index (χ4v) is 4.21. The van der Waals surface area contributed by atoms with Gasteiger partial charge in [0.1, 0.15) is 11.6 Å². The molecule has 1 aromatic heterocycles. The van der Waals surface area contributed by atoms with Gasteiger partial charge in [-0.3, -0.25) is 14.5 Å². The Labute approximate surface area is 176 Å². The number of benzene rings is 3. The molecule has 0 aliphatic carbocycles. The number of H-pyrrole nitrogens is 1. The van der Waals surface area contributed by atoms with Crippen molar-refractivity contribution in [1.29, 1.82) is 0 Å². The third kappa shape index (κ3) is 2.97. The van der Waals surface area contributed by atoms with E-state index < -0.39 is 23.1 Å². The second-order valence-electron chi connectivity index (χ2n) is 7.46. The Morgan fingerprint density at radius 3 is 2.45 bits per heavy atom. The summed E-state index contributed by atoms with van der Waals surface area (Å²) in [6, 6.07) is 18.5. The van der Waals surface area contributed by atoms with Crippen molar-refractivity contribution in [2.45, 2.75) is 12.0 Å². The number of para-hydroxylation sites is 1. The number of amides is 2. The summed E-state index contributed by atoms with van der Waals surface area (Å²) >= 11 is 0. The van der Waals surface area contributed by atoms with Crippen LogP contribution in [0.1, 0.15) is 12.0 Å². The van der Waals surface area contributed by atoms with Crippen LogP contribution < -0.4 is 10.2 Å². The lowest BCUT2D eigenvalue weighted by Gasteiger charge is -2.50. The van der Waals surface area contributed by atoms with Gasteiger partial charge < -0.3 is 10.3 Å². The number of β-lactam (4-membered cyclic amide) rings is 1. The summed E-state index contributed by atoms with van der Waals surface area (Å²) in [6.07, 6.45) is 1.58. The molecular formula is C24H17F2N3O2. The molecule has 0 saturated carbocycles. The maximum atomic E-state index is 14.0. The second-order valence-corrected chi connectivity index (χ2v) is 7.46. The van der Waals surface area contributed by atoms with Gasteiger partial charge in [-0.2, -0.15) is 0 Å². The van der Waals surface area contributed by atoms with Crippen LogP contribution in [-0.2, 0) is 15.1 Å². The van der Waals surface area contributed by atoms with Crippen LogP contribution in [0.5, 0.6) is 0 Å². The number of halogens is 2. The zero-order chi connectivity index (χ0) is 21.6. The Bertz CT molecular complexity index is 1330. The van der Waals surface area contributed by atoms with Gasteiger partial charge in [-0.1, -0.05) is 30.3 Å². The molecule has 2 N–H and O–H groups in total. The molecule has 1 aliphatic rings. The monoisotopic (exact) mass is 417 g/mol. The largest absolute Gasteiger partial charge is 0.361 e. The minimum atomic E-state index is -1.42. The Morgan fingerprint density at radius 2 is 1.71 bits per heavy atom. The molecule has 0 radical (unpaired) electrons. The number of anilines is 2. The van der Waals surface area contributed by atoms with Gasteiger partial charge in [0.2, 0.25) is 5.91 Å². The first kappa shape index (κ1) is 19.0. The van der Waals surface area contributed by atoms with E-state index >= 15 is 0 Å². The van der Waals surface area contributed by atoms with Crippen molar-refractivity contribution in [3.63, 3.8) is 0 Å². The van der Waals surface area contributed by atoms with Gasteiger partial charge in [-0.25, -0.2) is 8.78 Å². The molecular weight excluding hydrogens is 400 g/mol. The van der Waals surface area contributed by atoms with E-state index in [9.17, 15) is 18.4 Å². The number of carbonyl (C=O) groups excluding carboxylic acids is 2. The normalized spacial score (nSPS) is 18.1. The van der Waals surface area contributed by atoms with Gasteiger partial charge in [0.05, 0.1) is 6.42 Å². The summed E-state index contributed by atoms with van der Waals surface area (Å²) in [6.45, 7) is 0. The molecule has 7 heteroatoms. The van der Waals surface area contributed by atoms with Gasteiger partial charge >= 0.3 is 0 Å². The summed E-state index contributed by atoms with van der Waals surface area (Å²) in [4.78, 5) is 30.8. The average molecular weight is 417 g/mol. The summed E-state index contributed by atoms with van der Waals surface area (Å²) in [5.41, 5.74) is 0.505. The smallest absolute Gasteiger partial charge is 0.256 e. The highest BCUT2D eigenvalue weighted by Gasteiger charge is 2.59. The van der Waals surface area contributed by atoms with Crippen molar-refractivity contribution in [2.24, 2.45) is 0 Å². The molecule has 0 bridgehead atoms. The lowest BCUT2D eigenvalue weighted by molar-refractivity contribution is -0.137. The van der Waals surface area contributed by atoms with Crippen LogP contribution >= 0.6 is 0 Å². The van der Waals surface area contributed by atoms with Crippen molar-refractivity contribution in [3.05, 3.63) is 96.2 Å². The quantitative estimate of drug-likeness (QED) is 0.472. The van der Waals surface area contributed by atoms with Gasteiger partial charge in [0, 0.05) is 34.0 Å². The zero-order valence-corrected chi connectivity index (χ0v) is 16.2. The summed E-state index contributed by atoms with van der Waals surface area (Å²) < 4.78 is 27.6. The highest BCUT2D eigenvalue weighted by Crippen LogP contribution is 2.48. The third-order valence-corrected chi connectivity index (χ3v) is 5.60. The number of rotatable bonds is 4. The third-order valence-electron chi connectivity index (χ3n) is 5.60. The molecule has 5 rings (SSSR count). The van der Waals surface area contributed by atoms with Crippen molar-refractivity contribution >= 4 is 34.1 Å². The molecule has 1 fully saturated rings. The first-order valence-corrected chi connectivity index (χ1v) is 9.71. The molecule has 4 aromatic rings. The standard InChI is InChI=1S/C24H17F2N3O2/c25-15-5-3-7-17(11-15)28-23(31)24(20-14-27-21-10-2-1-9-19(20)21)13-22(30)29(24)18-8-4-6-16(26)12-18/h1-12,14,27H,13H2,(H,28,31). The maximum Gasteiger partial charge on any atom is 0.256 e. The lowest BCUT2D eigenvalue weighted by Crippen LogP contribution is -2.67. The molecule has 1 saturated heterocycles. The molecule has 3 aromatic carbocycles. The maximum absolute atomic E-state index is 14.0. The van der Waals surface area contributed by atoms with Crippen LogP contribution in [0.4, 0.5) is 20.2 Å². The molecule has 2 heterocycles. The molecule has 1 unspecified atom stereocenters. The van der Waals surface area contributed by atoms with E-state index in [-0.39, 0.29) is 23.7 Å². The van der Waals surface area contributed by atoms with Crippen LogP contribution in [0.25, 0.3) is 10.9 Å². The number of fused-ring (bicyclic) bond motifs is 1. The SMILES string of the molecule is O=C1CC(C(=O)Nc2cccc(F)c2)(c2c[nH]c3ccccc23)N1c1cccc(F)c1.